The molecule has 0 atom stereocenters. The third-order valence-electron chi connectivity index (χ3n) is 3.32. The van der Waals surface area contributed by atoms with Gasteiger partial charge in [0, 0.05) is 18.8 Å². The number of aromatic nitrogens is 2. The van der Waals surface area contributed by atoms with Gasteiger partial charge in [-0.2, -0.15) is 13.2 Å². The molecule has 0 bridgehead atoms. The molecule has 3 aromatic rings. The number of aryl methyl sites for hydroxylation is 1. The molecule has 0 aliphatic rings. The van der Waals surface area contributed by atoms with Crippen molar-refractivity contribution in [2.24, 2.45) is 0 Å². The fourth-order valence-electron chi connectivity index (χ4n) is 2.26. The minimum absolute atomic E-state index is 0.513. The maximum absolute atomic E-state index is 12.5. The van der Waals surface area contributed by atoms with Crippen LogP contribution in [0.25, 0.3) is 5.65 Å². The van der Waals surface area contributed by atoms with Crippen LogP contribution in [0.2, 0.25) is 0 Å². The van der Waals surface area contributed by atoms with Gasteiger partial charge in [0.15, 0.2) is 0 Å². The van der Waals surface area contributed by atoms with E-state index in [0.717, 1.165) is 34.6 Å². The molecule has 3 rings (SSSR count). The van der Waals surface area contributed by atoms with Crippen LogP contribution in [0.5, 0.6) is 0 Å². The Morgan fingerprint density at radius 2 is 1.71 bits per heavy atom. The number of pyridine rings is 1. The topological polar surface area (TPSA) is 17.3 Å². The Bertz CT molecular complexity index is 770. The molecule has 21 heavy (non-hydrogen) atoms. The van der Waals surface area contributed by atoms with Crippen molar-refractivity contribution in [2.45, 2.75) is 19.5 Å². The van der Waals surface area contributed by atoms with Gasteiger partial charge in [0.1, 0.15) is 5.65 Å². The Morgan fingerprint density at radius 3 is 2.38 bits per heavy atom. The normalized spacial score (nSPS) is 12.0. The average Bonchev–Trinajstić information content (AvgIpc) is 2.79. The Balaban J connectivity index is 1.84. The van der Waals surface area contributed by atoms with Crippen LogP contribution in [-0.4, -0.2) is 9.38 Å². The number of hydrogen-bond acceptors (Lipinski definition) is 1. The largest absolute Gasteiger partial charge is 0.416 e. The summed E-state index contributed by atoms with van der Waals surface area (Å²) >= 11 is 0. The summed E-state index contributed by atoms with van der Waals surface area (Å²) in [6.45, 7) is 2.00. The first-order chi connectivity index (χ1) is 9.91. The lowest BCUT2D eigenvalue weighted by Gasteiger charge is -2.06. The Labute approximate surface area is 119 Å². The van der Waals surface area contributed by atoms with Gasteiger partial charge in [-0.3, -0.25) is 0 Å². The van der Waals surface area contributed by atoms with Crippen LogP contribution < -0.4 is 0 Å². The van der Waals surface area contributed by atoms with Gasteiger partial charge in [0.05, 0.1) is 11.3 Å². The number of hydrogen-bond donors (Lipinski definition) is 0. The SMILES string of the molecule is Cc1ccc2nc(Cc3ccc(C(F)(F)F)cc3)cn2c1. The molecule has 2 nitrogen and oxygen atoms in total. The first kappa shape index (κ1) is 13.7. The highest BCUT2D eigenvalue weighted by Gasteiger charge is 2.29. The molecule has 0 saturated carbocycles. The first-order valence-electron chi connectivity index (χ1n) is 6.52. The van der Waals surface area contributed by atoms with E-state index in [1.165, 1.54) is 12.1 Å². The predicted molar refractivity (Wildman–Crippen MR) is 74.2 cm³/mol. The molecule has 1 aromatic carbocycles. The summed E-state index contributed by atoms with van der Waals surface area (Å²) in [6.07, 6.45) is 0.0938. The molecule has 0 fully saturated rings. The van der Waals surface area contributed by atoms with Crippen LogP contribution in [0.4, 0.5) is 13.2 Å². The van der Waals surface area contributed by atoms with E-state index >= 15 is 0 Å². The number of imidazole rings is 1. The second-order valence-corrected chi connectivity index (χ2v) is 5.08. The van der Waals surface area contributed by atoms with Gasteiger partial charge in [0.25, 0.3) is 0 Å². The van der Waals surface area contributed by atoms with E-state index in [1.54, 1.807) is 0 Å². The molecule has 0 saturated heterocycles. The Morgan fingerprint density at radius 1 is 1.00 bits per heavy atom. The molecule has 5 heteroatoms. The van der Waals surface area contributed by atoms with E-state index in [1.807, 2.05) is 35.9 Å². The highest BCUT2D eigenvalue weighted by molar-refractivity contribution is 5.42. The number of halogens is 3. The molecule has 0 aliphatic carbocycles. The lowest BCUT2D eigenvalue weighted by atomic mass is 10.1. The van der Waals surface area contributed by atoms with Gasteiger partial charge in [-0.15, -0.1) is 0 Å². The van der Waals surface area contributed by atoms with Gasteiger partial charge in [-0.25, -0.2) is 4.98 Å². The minimum atomic E-state index is -4.29. The van der Waals surface area contributed by atoms with Gasteiger partial charge in [-0.05, 0) is 36.2 Å². The van der Waals surface area contributed by atoms with E-state index in [0.29, 0.717) is 6.42 Å². The molecule has 2 heterocycles. The molecule has 0 aliphatic heterocycles. The average molecular weight is 290 g/mol. The fourth-order valence-corrected chi connectivity index (χ4v) is 2.26. The lowest BCUT2D eigenvalue weighted by molar-refractivity contribution is -0.137. The van der Waals surface area contributed by atoms with Gasteiger partial charge >= 0.3 is 6.18 Å². The zero-order chi connectivity index (χ0) is 15.0. The second-order valence-electron chi connectivity index (χ2n) is 5.08. The van der Waals surface area contributed by atoms with Crippen molar-refractivity contribution in [2.75, 3.05) is 0 Å². The van der Waals surface area contributed by atoms with Crippen molar-refractivity contribution in [3.63, 3.8) is 0 Å². The third-order valence-corrected chi connectivity index (χ3v) is 3.32. The van der Waals surface area contributed by atoms with Crippen molar-refractivity contribution in [1.29, 1.82) is 0 Å². The van der Waals surface area contributed by atoms with Crippen molar-refractivity contribution in [3.8, 4) is 0 Å². The lowest BCUT2D eigenvalue weighted by Crippen LogP contribution is -2.04. The van der Waals surface area contributed by atoms with Crippen LogP contribution in [0, 0.1) is 6.92 Å². The molecular weight excluding hydrogens is 277 g/mol. The van der Waals surface area contributed by atoms with Gasteiger partial charge in [0.2, 0.25) is 0 Å². The van der Waals surface area contributed by atoms with E-state index in [4.69, 9.17) is 0 Å². The highest BCUT2D eigenvalue weighted by Crippen LogP contribution is 2.29. The third kappa shape index (κ3) is 2.91. The van der Waals surface area contributed by atoms with Crippen molar-refractivity contribution in [3.05, 3.63) is 71.2 Å². The molecule has 2 aromatic heterocycles. The maximum atomic E-state index is 12.5. The summed E-state index contributed by atoms with van der Waals surface area (Å²) < 4.78 is 39.4. The second kappa shape index (κ2) is 4.91. The number of nitrogens with zero attached hydrogens (tertiary/aromatic N) is 2. The predicted octanol–water partition coefficient (Wildman–Crippen LogP) is 4.25. The summed E-state index contributed by atoms with van der Waals surface area (Å²) in [5, 5.41) is 0. The standard InChI is InChI=1S/C16H13F3N2/c1-11-2-7-15-20-14(10-21(15)9-11)8-12-3-5-13(6-4-12)16(17,18)19/h2-7,9-10H,8H2,1H3. The minimum Gasteiger partial charge on any atom is -0.307 e. The van der Waals surface area contributed by atoms with Crippen LogP contribution in [0.1, 0.15) is 22.4 Å². The summed E-state index contributed by atoms with van der Waals surface area (Å²) in [6, 6.07) is 9.11. The van der Waals surface area contributed by atoms with Crippen LogP contribution in [0.15, 0.2) is 48.8 Å². The van der Waals surface area contributed by atoms with Crippen LogP contribution >= 0.6 is 0 Å². The zero-order valence-electron chi connectivity index (χ0n) is 11.4. The summed E-state index contributed by atoms with van der Waals surface area (Å²) in [7, 11) is 0. The smallest absolute Gasteiger partial charge is 0.307 e. The molecule has 0 spiro atoms. The molecule has 108 valence electrons. The number of alkyl halides is 3. The van der Waals surface area contributed by atoms with Crippen molar-refractivity contribution >= 4 is 5.65 Å². The van der Waals surface area contributed by atoms with Crippen molar-refractivity contribution < 1.29 is 13.2 Å². The van der Waals surface area contributed by atoms with Crippen LogP contribution in [0.3, 0.4) is 0 Å². The Hall–Kier alpha value is -2.30. The number of rotatable bonds is 2. The summed E-state index contributed by atoms with van der Waals surface area (Å²) in [4.78, 5) is 4.46. The van der Waals surface area contributed by atoms with E-state index < -0.39 is 11.7 Å². The van der Waals surface area contributed by atoms with Crippen molar-refractivity contribution in [1.82, 2.24) is 9.38 Å². The fraction of sp³-hybridized carbons (Fsp3) is 0.188. The first-order valence-corrected chi connectivity index (χ1v) is 6.52. The summed E-state index contributed by atoms with van der Waals surface area (Å²) in [5.74, 6) is 0. The molecule has 0 radical (unpaired) electrons. The Kier molecular flexibility index (Phi) is 3.20. The maximum Gasteiger partial charge on any atom is 0.416 e. The van der Waals surface area contributed by atoms with Gasteiger partial charge < -0.3 is 4.40 Å². The van der Waals surface area contributed by atoms with Crippen LogP contribution in [-0.2, 0) is 12.6 Å². The quantitative estimate of drug-likeness (QED) is 0.689. The molecule has 0 N–H and O–H groups in total. The van der Waals surface area contributed by atoms with E-state index in [9.17, 15) is 13.2 Å². The highest BCUT2D eigenvalue weighted by atomic mass is 19.4. The number of benzene rings is 1. The monoisotopic (exact) mass is 290 g/mol. The molecule has 0 amide bonds. The van der Waals surface area contributed by atoms with E-state index in [-0.39, 0.29) is 0 Å². The summed E-state index contributed by atoms with van der Waals surface area (Å²) in [5.41, 5.74) is 2.98. The zero-order valence-corrected chi connectivity index (χ0v) is 11.4. The van der Waals surface area contributed by atoms with E-state index in [2.05, 4.69) is 4.98 Å². The molecular formula is C16H13F3N2. The molecule has 0 unspecified atom stereocenters. The van der Waals surface area contributed by atoms with Gasteiger partial charge in [-0.1, -0.05) is 18.2 Å². The number of fused-ring (bicyclic) bond motifs is 1.